The fraction of sp³-hybridized carbons (Fsp3) is 0.696. The topological polar surface area (TPSA) is 88.9 Å². The Bertz CT molecular complexity index is 851. The Kier molecular flexibility index (Phi) is 8.14. The summed E-state index contributed by atoms with van der Waals surface area (Å²) in [5.74, 6) is 0.148. The zero-order valence-corrected chi connectivity index (χ0v) is 19.6. The molecule has 0 bridgehead atoms. The van der Waals surface area contributed by atoms with E-state index in [1.807, 2.05) is 4.90 Å². The van der Waals surface area contributed by atoms with Crippen molar-refractivity contribution in [2.24, 2.45) is 0 Å². The summed E-state index contributed by atoms with van der Waals surface area (Å²) in [7, 11) is 0. The third-order valence-corrected chi connectivity index (χ3v) is 7.84. The first kappa shape index (κ1) is 23.2. The second-order valence-electron chi connectivity index (χ2n) is 8.79. The van der Waals surface area contributed by atoms with E-state index in [1.165, 1.54) is 11.3 Å². The Hall–Kier alpha value is -1.99. The highest BCUT2D eigenvalue weighted by Crippen LogP contribution is 2.37. The van der Waals surface area contributed by atoms with E-state index in [2.05, 4.69) is 21.2 Å². The van der Waals surface area contributed by atoms with E-state index in [1.54, 1.807) is 11.3 Å². The monoisotopic (exact) mass is 459 g/mol. The van der Waals surface area contributed by atoms with Crippen molar-refractivity contribution in [3.63, 3.8) is 0 Å². The van der Waals surface area contributed by atoms with Crippen molar-refractivity contribution in [2.45, 2.75) is 38.5 Å². The maximum Gasteiger partial charge on any atom is 0.236 e. The largest absolute Gasteiger partial charge is 0.379 e. The van der Waals surface area contributed by atoms with Crippen molar-refractivity contribution in [1.29, 1.82) is 5.26 Å². The van der Waals surface area contributed by atoms with Gasteiger partial charge < -0.3 is 15.0 Å². The number of piperazine rings is 1. The average Bonchev–Trinajstić information content (AvgIpc) is 2.97. The lowest BCUT2D eigenvalue weighted by Gasteiger charge is -2.36. The van der Waals surface area contributed by atoms with Gasteiger partial charge in [-0.05, 0) is 31.2 Å². The molecule has 1 aliphatic carbocycles. The molecule has 0 spiro atoms. The van der Waals surface area contributed by atoms with Gasteiger partial charge in [0.2, 0.25) is 11.8 Å². The molecule has 174 valence electrons. The van der Waals surface area contributed by atoms with Crippen molar-refractivity contribution >= 4 is 28.2 Å². The molecule has 32 heavy (non-hydrogen) atoms. The van der Waals surface area contributed by atoms with Crippen molar-refractivity contribution in [3.05, 3.63) is 16.0 Å². The molecule has 2 saturated heterocycles. The lowest BCUT2D eigenvalue weighted by Crippen LogP contribution is -2.52. The van der Waals surface area contributed by atoms with Crippen LogP contribution in [0.15, 0.2) is 0 Å². The Morgan fingerprint density at radius 3 is 2.50 bits per heavy atom. The number of carbonyl (C=O) groups is 2. The first-order valence-corrected chi connectivity index (χ1v) is 12.6. The number of nitrogens with one attached hydrogen (secondary N) is 1. The summed E-state index contributed by atoms with van der Waals surface area (Å²) in [6.45, 7) is 7.19. The van der Waals surface area contributed by atoms with E-state index in [9.17, 15) is 14.9 Å². The predicted octanol–water partition coefficient (Wildman–Crippen LogP) is 1.69. The van der Waals surface area contributed by atoms with Crippen LogP contribution in [0, 0.1) is 11.3 Å². The minimum Gasteiger partial charge on any atom is -0.379 e. The quantitative estimate of drug-likeness (QED) is 0.652. The van der Waals surface area contributed by atoms with Gasteiger partial charge in [0.15, 0.2) is 0 Å². The molecule has 3 heterocycles. The van der Waals surface area contributed by atoms with Crippen LogP contribution in [0.5, 0.6) is 0 Å². The van der Waals surface area contributed by atoms with E-state index in [4.69, 9.17) is 4.74 Å². The van der Waals surface area contributed by atoms with Gasteiger partial charge in [-0.1, -0.05) is 6.42 Å². The van der Waals surface area contributed by atoms with Crippen molar-refractivity contribution in [1.82, 2.24) is 14.7 Å². The molecular formula is C23H33N5O3S. The molecule has 0 unspecified atom stereocenters. The van der Waals surface area contributed by atoms with Crippen LogP contribution in [-0.4, -0.2) is 92.1 Å². The number of fused-ring (bicyclic) bond motifs is 1. The average molecular weight is 460 g/mol. The highest BCUT2D eigenvalue weighted by molar-refractivity contribution is 7.16. The molecule has 2 fully saturated rings. The van der Waals surface area contributed by atoms with Gasteiger partial charge in [-0.2, -0.15) is 5.26 Å². The fourth-order valence-electron chi connectivity index (χ4n) is 4.67. The Morgan fingerprint density at radius 1 is 1.00 bits per heavy atom. The number of amides is 2. The SMILES string of the molecule is N#Cc1c(NC(=O)CCN2CCN(C(=O)CN3CCOCC3)CC2)sc2c1CCCCC2. The number of morpholine rings is 1. The molecule has 0 radical (unpaired) electrons. The summed E-state index contributed by atoms with van der Waals surface area (Å²) < 4.78 is 5.34. The van der Waals surface area contributed by atoms with Crippen molar-refractivity contribution < 1.29 is 14.3 Å². The van der Waals surface area contributed by atoms with Crippen molar-refractivity contribution in [2.75, 3.05) is 70.9 Å². The summed E-state index contributed by atoms with van der Waals surface area (Å²) in [6, 6.07) is 2.32. The van der Waals surface area contributed by atoms with Crippen LogP contribution in [-0.2, 0) is 27.2 Å². The van der Waals surface area contributed by atoms with Crippen LogP contribution in [0.3, 0.4) is 0 Å². The molecule has 0 aromatic carbocycles. The molecule has 8 nitrogen and oxygen atoms in total. The number of aryl methyl sites for hydroxylation is 1. The minimum absolute atomic E-state index is 0.0382. The number of rotatable bonds is 6. The molecule has 1 N–H and O–H groups in total. The number of nitrogens with zero attached hydrogens (tertiary/aromatic N) is 4. The predicted molar refractivity (Wildman–Crippen MR) is 124 cm³/mol. The van der Waals surface area contributed by atoms with Crippen molar-refractivity contribution in [3.8, 4) is 6.07 Å². The maximum atomic E-state index is 12.6. The fourth-order valence-corrected chi connectivity index (χ4v) is 5.93. The highest BCUT2D eigenvalue weighted by Gasteiger charge is 2.24. The number of nitriles is 1. The lowest BCUT2D eigenvalue weighted by atomic mass is 10.1. The molecule has 9 heteroatoms. The van der Waals surface area contributed by atoms with Gasteiger partial charge in [-0.15, -0.1) is 11.3 Å². The number of hydrogen-bond donors (Lipinski definition) is 1. The van der Waals surface area contributed by atoms with E-state index < -0.39 is 0 Å². The number of thiophene rings is 1. The zero-order chi connectivity index (χ0) is 22.3. The summed E-state index contributed by atoms with van der Waals surface area (Å²) >= 11 is 1.58. The lowest BCUT2D eigenvalue weighted by molar-refractivity contribution is -0.135. The maximum absolute atomic E-state index is 12.6. The number of anilines is 1. The third kappa shape index (κ3) is 5.87. The molecular weight excluding hydrogens is 426 g/mol. The van der Waals surface area contributed by atoms with Gasteiger partial charge in [0, 0.05) is 57.1 Å². The molecule has 2 aliphatic heterocycles. The smallest absolute Gasteiger partial charge is 0.236 e. The third-order valence-electron chi connectivity index (χ3n) is 6.63. The summed E-state index contributed by atoms with van der Waals surface area (Å²) in [5.41, 5.74) is 1.83. The summed E-state index contributed by atoms with van der Waals surface area (Å²) in [5, 5.41) is 13.4. The van der Waals surface area contributed by atoms with E-state index in [0.717, 1.165) is 62.4 Å². The Balaban J connectivity index is 1.20. The van der Waals surface area contributed by atoms with Gasteiger partial charge in [0.05, 0.1) is 25.3 Å². The normalized spacial score (nSPS) is 20.3. The Labute approximate surface area is 194 Å². The molecule has 0 atom stereocenters. The van der Waals surface area contributed by atoms with Crippen LogP contribution < -0.4 is 5.32 Å². The van der Waals surface area contributed by atoms with E-state index in [-0.39, 0.29) is 11.8 Å². The highest BCUT2D eigenvalue weighted by atomic mass is 32.1. The molecule has 0 saturated carbocycles. The van der Waals surface area contributed by atoms with Gasteiger partial charge in [-0.25, -0.2) is 0 Å². The van der Waals surface area contributed by atoms with Crippen LogP contribution in [0.4, 0.5) is 5.00 Å². The summed E-state index contributed by atoms with van der Waals surface area (Å²) in [4.78, 5) is 32.7. The standard InChI is InChI=1S/C23H33N5O3S/c24-16-19-18-4-2-1-3-5-20(18)32-23(19)25-21(29)6-7-26-8-10-28(11-9-26)22(30)17-27-12-14-31-15-13-27/h1-15,17H2,(H,25,29). The summed E-state index contributed by atoms with van der Waals surface area (Å²) in [6.07, 6.45) is 5.84. The van der Waals surface area contributed by atoms with Crippen LogP contribution in [0.25, 0.3) is 0 Å². The zero-order valence-electron chi connectivity index (χ0n) is 18.7. The van der Waals surface area contributed by atoms with E-state index in [0.29, 0.717) is 51.4 Å². The van der Waals surface area contributed by atoms with Gasteiger partial charge in [0.25, 0.3) is 0 Å². The first-order valence-electron chi connectivity index (χ1n) is 11.8. The molecule has 3 aliphatic rings. The number of ether oxygens (including phenoxy) is 1. The first-order chi connectivity index (χ1) is 15.6. The van der Waals surface area contributed by atoms with Crippen LogP contribution >= 0.6 is 11.3 Å². The van der Waals surface area contributed by atoms with E-state index >= 15 is 0 Å². The van der Waals surface area contributed by atoms with Gasteiger partial charge >= 0.3 is 0 Å². The Morgan fingerprint density at radius 2 is 1.75 bits per heavy atom. The second-order valence-corrected chi connectivity index (χ2v) is 9.89. The van der Waals surface area contributed by atoms with Gasteiger partial charge in [0.1, 0.15) is 11.1 Å². The second kappa shape index (κ2) is 11.2. The van der Waals surface area contributed by atoms with Crippen LogP contribution in [0.2, 0.25) is 0 Å². The molecule has 1 aromatic rings. The minimum atomic E-state index is -0.0382. The molecule has 4 rings (SSSR count). The van der Waals surface area contributed by atoms with Gasteiger partial charge in [-0.3, -0.25) is 19.4 Å². The molecule has 1 aromatic heterocycles. The number of hydrogen-bond acceptors (Lipinski definition) is 7. The number of carbonyl (C=O) groups excluding carboxylic acids is 2. The molecule has 2 amide bonds. The van der Waals surface area contributed by atoms with Crippen LogP contribution in [0.1, 0.15) is 41.7 Å².